The average Bonchev–Trinajstić information content (AvgIpc) is 2.65. The fraction of sp³-hybridized carbons (Fsp3) is 1.00. The molecule has 0 saturated heterocycles. The Bertz CT molecular complexity index is 358. The van der Waals surface area contributed by atoms with Crippen LogP contribution in [0.1, 0.15) is 53.4 Å². The number of hydrogen-bond donors (Lipinski definition) is 0. The predicted octanol–water partition coefficient (Wildman–Crippen LogP) is 4.61. The van der Waals surface area contributed by atoms with Crippen LogP contribution in [-0.2, 0) is 13.6 Å². The van der Waals surface area contributed by atoms with Crippen LogP contribution in [0.5, 0.6) is 0 Å². The van der Waals surface area contributed by atoms with Gasteiger partial charge >= 0.3 is 7.60 Å². The molecular weight excluding hydrogens is 253 g/mol. The Balaban J connectivity index is 3.13. The number of nitrogens with zero attached hydrogens (tertiary/aromatic N) is 3. The molecule has 0 aliphatic heterocycles. The second-order valence-corrected chi connectivity index (χ2v) is 7.43. The molecule has 0 aromatic rings. The van der Waals surface area contributed by atoms with Gasteiger partial charge in [-0.3, -0.25) is 4.57 Å². The Morgan fingerprint density at radius 1 is 1.17 bits per heavy atom. The third-order valence-corrected chi connectivity index (χ3v) is 5.80. The van der Waals surface area contributed by atoms with Crippen molar-refractivity contribution in [1.29, 1.82) is 0 Å². The fourth-order valence-electron chi connectivity index (χ4n) is 2.23. The van der Waals surface area contributed by atoms with Crippen molar-refractivity contribution < 1.29 is 13.6 Å². The minimum absolute atomic E-state index is 0.235. The van der Waals surface area contributed by atoms with E-state index in [4.69, 9.17) is 14.6 Å². The number of rotatable bonds is 6. The molecule has 7 heteroatoms. The molecule has 0 atom stereocenters. The van der Waals surface area contributed by atoms with E-state index in [1.54, 1.807) is 27.7 Å². The Labute approximate surface area is 108 Å². The summed E-state index contributed by atoms with van der Waals surface area (Å²) in [5.74, 6) is 0. The summed E-state index contributed by atoms with van der Waals surface area (Å²) >= 11 is 0. The molecule has 0 aromatic carbocycles. The molecule has 6 nitrogen and oxygen atoms in total. The van der Waals surface area contributed by atoms with E-state index in [9.17, 15) is 4.57 Å². The molecule has 0 amide bonds. The third-order valence-electron chi connectivity index (χ3n) is 2.84. The van der Waals surface area contributed by atoms with Gasteiger partial charge in [0.25, 0.3) is 0 Å². The standard InChI is InChI=1S/C11H22N3O3P/c1-9(2)16-18(15,17-10(3)4)11(13-14-12)7-5-6-8-11/h9-10H,5-8H2,1-4H3. The van der Waals surface area contributed by atoms with E-state index in [1.807, 2.05) is 0 Å². The lowest BCUT2D eigenvalue weighted by Gasteiger charge is -2.34. The van der Waals surface area contributed by atoms with E-state index < -0.39 is 12.9 Å². The molecule has 1 aliphatic rings. The second kappa shape index (κ2) is 6.07. The smallest absolute Gasteiger partial charge is 0.305 e. The lowest BCUT2D eigenvalue weighted by molar-refractivity contribution is 0.125. The topological polar surface area (TPSA) is 84.3 Å². The molecule has 1 rings (SSSR count). The Hall–Kier alpha value is -0.540. The van der Waals surface area contributed by atoms with Crippen molar-refractivity contribution in [3.05, 3.63) is 10.4 Å². The maximum absolute atomic E-state index is 13.0. The van der Waals surface area contributed by atoms with Crippen molar-refractivity contribution in [3.8, 4) is 0 Å². The van der Waals surface area contributed by atoms with Crippen LogP contribution in [0.3, 0.4) is 0 Å². The van der Waals surface area contributed by atoms with Gasteiger partial charge in [0.05, 0.1) is 12.2 Å². The molecule has 0 radical (unpaired) electrons. The molecule has 1 fully saturated rings. The largest absolute Gasteiger partial charge is 0.343 e. The third kappa shape index (κ3) is 3.27. The van der Waals surface area contributed by atoms with Crippen molar-refractivity contribution in [2.45, 2.75) is 70.9 Å². The Morgan fingerprint density at radius 3 is 1.94 bits per heavy atom. The quantitative estimate of drug-likeness (QED) is 0.307. The van der Waals surface area contributed by atoms with Gasteiger partial charge in [0.15, 0.2) is 5.28 Å². The first-order chi connectivity index (χ1) is 8.35. The molecule has 0 N–H and O–H groups in total. The molecule has 104 valence electrons. The van der Waals surface area contributed by atoms with Crippen LogP contribution in [0.2, 0.25) is 0 Å². The first kappa shape index (κ1) is 15.5. The van der Waals surface area contributed by atoms with Gasteiger partial charge in [-0.25, -0.2) is 0 Å². The minimum Gasteiger partial charge on any atom is -0.305 e. The van der Waals surface area contributed by atoms with Crippen molar-refractivity contribution in [2.75, 3.05) is 0 Å². The summed E-state index contributed by atoms with van der Waals surface area (Å²) in [6, 6.07) is 0. The average molecular weight is 275 g/mol. The highest BCUT2D eigenvalue weighted by Gasteiger charge is 2.53. The van der Waals surface area contributed by atoms with Gasteiger partial charge in [-0.05, 0) is 46.1 Å². The lowest BCUT2D eigenvalue weighted by atomic mass is 10.3. The minimum atomic E-state index is -3.45. The molecule has 0 bridgehead atoms. The van der Waals surface area contributed by atoms with E-state index in [0.717, 1.165) is 12.8 Å². The second-order valence-electron chi connectivity index (χ2n) is 5.18. The molecule has 0 spiro atoms. The summed E-state index contributed by atoms with van der Waals surface area (Å²) in [7, 11) is -3.45. The van der Waals surface area contributed by atoms with Crippen molar-refractivity contribution >= 4 is 7.60 Å². The van der Waals surface area contributed by atoms with Crippen molar-refractivity contribution in [2.24, 2.45) is 5.11 Å². The SMILES string of the molecule is CC(C)OP(=O)(OC(C)C)C1(N=[N+]=[N-])CCCC1. The summed E-state index contributed by atoms with van der Waals surface area (Å²) < 4.78 is 24.2. The zero-order chi connectivity index (χ0) is 13.8. The maximum atomic E-state index is 13.0. The molecular formula is C11H22N3O3P. The van der Waals surface area contributed by atoms with Crippen LogP contribution in [0.25, 0.3) is 10.4 Å². The summed E-state index contributed by atoms with van der Waals surface area (Å²) in [6.07, 6.45) is 2.42. The molecule has 1 aliphatic carbocycles. The number of hydrogen-bond acceptors (Lipinski definition) is 4. The zero-order valence-electron chi connectivity index (χ0n) is 11.5. The van der Waals surface area contributed by atoms with Crippen molar-refractivity contribution in [1.82, 2.24) is 0 Å². The summed E-state index contributed by atoms with van der Waals surface area (Å²) in [5.41, 5.74) is 8.75. The normalized spacial score (nSPS) is 19.2. The first-order valence-corrected chi connectivity index (χ1v) is 7.93. The van der Waals surface area contributed by atoms with Gasteiger partial charge in [0, 0.05) is 4.91 Å². The molecule has 0 aromatic heterocycles. The summed E-state index contributed by atoms with van der Waals surface area (Å²) in [5, 5.41) is 2.78. The Kier molecular flexibility index (Phi) is 5.23. The van der Waals surface area contributed by atoms with E-state index >= 15 is 0 Å². The van der Waals surface area contributed by atoms with E-state index in [1.165, 1.54) is 0 Å². The maximum Gasteiger partial charge on any atom is 0.343 e. The van der Waals surface area contributed by atoms with Crippen LogP contribution in [0, 0.1) is 0 Å². The number of azide groups is 1. The first-order valence-electron chi connectivity index (χ1n) is 6.38. The van der Waals surface area contributed by atoms with Crippen LogP contribution in [-0.4, -0.2) is 17.5 Å². The van der Waals surface area contributed by atoms with E-state index in [0.29, 0.717) is 12.8 Å². The highest BCUT2D eigenvalue weighted by atomic mass is 31.2. The van der Waals surface area contributed by atoms with Gasteiger partial charge < -0.3 is 9.05 Å². The summed E-state index contributed by atoms with van der Waals surface area (Å²) in [4.78, 5) is 2.86. The monoisotopic (exact) mass is 275 g/mol. The molecule has 18 heavy (non-hydrogen) atoms. The molecule has 1 saturated carbocycles. The van der Waals surface area contributed by atoms with Crippen LogP contribution in [0.4, 0.5) is 0 Å². The predicted molar refractivity (Wildman–Crippen MR) is 70.4 cm³/mol. The molecule has 0 heterocycles. The molecule has 0 unspecified atom stereocenters. The van der Waals surface area contributed by atoms with Gasteiger partial charge in [-0.1, -0.05) is 18.0 Å². The zero-order valence-corrected chi connectivity index (χ0v) is 12.4. The Morgan fingerprint density at radius 2 is 1.61 bits per heavy atom. The highest BCUT2D eigenvalue weighted by molar-refractivity contribution is 7.55. The van der Waals surface area contributed by atoms with E-state index in [2.05, 4.69) is 10.0 Å². The van der Waals surface area contributed by atoms with Gasteiger partial charge in [0.2, 0.25) is 0 Å². The fourth-order valence-corrected chi connectivity index (χ4v) is 4.80. The highest BCUT2D eigenvalue weighted by Crippen LogP contribution is 2.67. The van der Waals surface area contributed by atoms with E-state index in [-0.39, 0.29) is 12.2 Å². The van der Waals surface area contributed by atoms with Crippen LogP contribution < -0.4 is 0 Å². The summed E-state index contributed by atoms with van der Waals surface area (Å²) in [6.45, 7) is 7.20. The van der Waals surface area contributed by atoms with Crippen molar-refractivity contribution in [3.63, 3.8) is 0 Å². The lowest BCUT2D eigenvalue weighted by Crippen LogP contribution is -2.27. The van der Waals surface area contributed by atoms with Crippen LogP contribution >= 0.6 is 7.60 Å². The van der Waals surface area contributed by atoms with Crippen LogP contribution in [0.15, 0.2) is 5.11 Å². The van der Waals surface area contributed by atoms with Gasteiger partial charge in [-0.15, -0.1) is 0 Å². The van der Waals surface area contributed by atoms with Gasteiger partial charge in [0.1, 0.15) is 0 Å². The van der Waals surface area contributed by atoms with Gasteiger partial charge in [-0.2, -0.15) is 0 Å².